The minimum absolute atomic E-state index is 0.179. The molecule has 3 rings (SSSR count). The number of fused-ring (bicyclic) bond motifs is 1. The van der Waals surface area contributed by atoms with Gasteiger partial charge in [-0.15, -0.1) is 5.06 Å². The first-order valence-electron chi connectivity index (χ1n) is 7.14. The fourth-order valence-electron chi connectivity index (χ4n) is 2.77. The predicted molar refractivity (Wildman–Crippen MR) is 76.5 cm³/mol. The third kappa shape index (κ3) is 2.59. The molecular formula is C14H17BN2O4. The molecule has 0 bridgehead atoms. The molecule has 1 fully saturated rings. The van der Waals surface area contributed by atoms with Gasteiger partial charge in [-0.2, -0.15) is 0 Å². The van der Waals surface area contributed by atoms with Gasteiger partial charge in [-0.3, -0.25) is 14.4 Å². The molecule has 110 valence electrons. The summed E-state index contributed by atoms with van der Waals surface area (Å²) in [5.74, 6) is -0.790. The lowest BCUT2D eigenvalue weighted by atomic mass is 9.82. The zero-order chi connectivity index (χ0) is 15.0. The van der Waals surface area contributed by atoms with Crippen LogP contribution in [0.4, 0.5) is 0 Å². The van der Waals surface area contributed by atoms with Crippen molar-refractivity contribution < 1.29 is 19.5 Å². The third-order valence-electron chi connectivity index (χ3n) is 4.02. The first-order valence-corrected chi connectivity index (χ1v) is 7.14. The molecule has 0 saturated carbocycles. The van der Waals surface area contributed by atoms with Crippen LogP contribution in [0.5, 0.6) is 0 Å². The van der Waals surface area contributed by atoms with Crippen LogP contribution < -0.4 is 0 Å². The van der Waals surface area contributed by atoms with Crippen LogP contribution in [0.25, 0.3) is 0 Å². The highest BCUT2D eigenvalue weighted by atomic mass is 16.7. The van der Waals surface area contributed by atoms with E-state index < -0.39 is 18.9 Å². The Morgan fingerprint density at radius 3 is 2.14 bits per heavy atom. The monoisotopic (exact) mass is 288 g/mol. The topological polar surface area (TPSA) is 70.1 Å². The minimum atomic E-state index is -0.481. The van der Waals surface area contributed by atoms with E-state index in [1.807, 2.05) is 4.81 Å². The number of hydrogen-bond donors (Lipinski definition) is 1. The third-order valence-corrected chi connectivity index (χ3v) is 4.02. The Morgan fingerprint density at radius 2 is 1.67 bits per heavy atom. The quantitative estimate of drug-likeness (QED) is 0.657. The molecule has 6 nitrogen and oxygen atoms in total. The maximum absolute atomic E-state index is 12.2. The van der Waals surface area contributed by atoms with Gasteiger partial charge in [0.25, 0.3) is 11.8 Å². The second-order valence-corrected chi connectivity index (χ2v) is 5.42. The number of rotatable bonds is 3. The van der Waals surface area contributed by atoms with Gasteiger partial charge >= 0.3 is 7.05 Å². The van der Waals surface area contributed by atoms with Crippen molar-refractivity contribution in [3.05, 3.63) is 35.4 Å². The van der Waals surface area contributed by atoms with E-state index in [1.165, 1.54) is 0 Å². The Morgan fingerprint density at radius 1 is 1.14 bits per heavy atom. The zero-order valence-electron chi connectivity index (χ0n) is 11.9. The molecular weight excluding hydrogens is 271 g/mol. The number of benzene rings is 1. The fourth-order valence-corrected chi connectivity index (χ4v) is 2.77. The molecule has 2 amide bonds. The van der Waals surface area contributed by atoms with E-state index in [1.54, 1.807) is 31.1 Å². The molecule has 1 aromatic rings. The van der Waals surface area contributed by atoms with Crippen LogP contribution in [-0.2, 0) is 4.84 Å². The summed E-state index contributed by atoms with van der Waals surface area (Å²) in [4.78, 5) is 31.9. The van der Waals surface area contributed by atoms with Gasteiger partial charge in [0.15, 0.2) is 0 Å². The van der Waals surface area contributed by atoms with Crippen molar-refractivity contribution >= 4 is 18.9 Å². The number of amides is 2. The average Bonchev–Trinajstić information content (AvgIpc) is 2.73. The van der Waals surface area contributed by atoms with Crippen molar-refractivity contribution in [3.63, 3.8) is 0 Å². The summed E-state index contributed by atoms with van der Waals surface area (Å²) in [6.45, 7) is 3.10. The Balaban J connectivity index is 1.65. The van der Waals surface area contributed by atoms with E-state index in [9.17, 15) is 14.6 Å². The highest BCUT2D eigenvalue weighted by Crippen LogP contribution is 2.25. The first-order chi connectivity index (χ1) is 10.1. The number of carbonyl (C=O) groups excluding carboxylic acids is 2. The van der Waals surface area contributed by atoms with Gasteiger partial charge in [0.05, 0.1) is 17.2 Å². The Hall–Kier alpha value is -1.70. The summed E-state index contributed by atoms with van der Waals surface area (Å²) < 4.78 is 0. The van der Waals surface area contributed by atoms with Crippen LogP contribution in [0.1, 0.15) is 33.6 Å². The Bertz CT molecular complexity index is 535. The fraction of sp³-hybridized carbons (Fsp3) is 0.429. The normalized spacial score (nSPS) is 20.0. The van der Waals surface area contributed by atoms with Crippen molar-refractivity contribution in [3.8, 4) is 0 Å². The molecule has 1 N–H and O–H groups in total. The lowest BCUT2D eigenvalue weighted by molar-refractivity contribution is -0.142. The summed E-state index contributed by atoms with van der Waals surface area (Å²) in [5.41, 5.74) is 0.785. The second-order valence-electron chi connectivity index (χ2n) is 5.42. The minimum Gasteiger partial charge on any atom is -0.437 e. The first kappa shape index (κ1) is 14.3. The molecule has 0 unspecified atom stereocenters. The number of piperidine rings is 1. The molecule has 0 radical (unpaired) electrons. The number of hydrogen-bond acceptors (Lipinski definition) is 5. The van der Waals surface area contributed by atoms with Gasteiger partial charge in [0, 0.05) is 0 Å². The van der Waals surface area contributed by atoms with Gasteiger partial charge in [0.2, 0.25) is 0 Å². The molecule has 2 aliphatic rings. The van der Waals surface area contributed by atoms with E-state index in [0.29, 0.717) is 37.1 Å². The van der Waals surface area contributed by atoms with E-state index in [4.69, 9.17) is 4.84 Å². The van der Waals surface area contributed by atoms with E-state index >= 15 is 0 Å². The number of hydroxylamine groups is 2. The second kappa shape index (κ2) is 5.59. The van der Waals surface area contributed by atoms with E-state index in [0.717, 1.165) is 5.06 Å². The Kier molecular flexibility index (Phi) is 3.80. The lowest BCUT2D eigenvalue weighted by Gasteiger charge is -2.33. The molecule has 1 aromatic carbocycles. The summed E-state index contributed by atoms with van der Waals surface area (Å²) >= 11 is 0. The van der Waals surface area contributed by atoms with Crippen LogP contribution in [0.2, 0.25) is 6.82 Å². The van der Waals surface area contributed by atoms with Crippen LogP contribution in [0, 0.1) is 0 Å². The molecule has 7 heteroatoms. The zero-order valence-corrected chi connectivity index (χ0v) is 11.9. The van der Waals surface area contributed by atoms with Crippen molar-refractivity contribution in [2.45, 2.75) is 25.8 Å². The molecule has 2 aliphatic heterocycles. The number of nitrogens with zero attached hydrogens (tertiary/aromatic N) is 2. The van der Waals surface area contributed by atoms with Crippen LogP contribution >= 0.6 is 0 Å². The van der Waals surface area contributed by atoms with Crippen LogP contribution in [-0.4, -0.2) is 53.0 Å². The molecule has 21 heavy (non-hydrogen) atoms. The van der Waals surface area contributed by atoms with Crippen LogP contribution in [0.3, 0.4) is 0 Å². The number of imide groups is 1. The van der Waals surface area contributed by atoms with Gasteiger partial charge in [0.1, 0.15) is 0 Å². The van der Waals surface area contributed by atoms with Crippen molar-refractivity contribution in [1.82, 2.24) is 9.87 Å². The standard InChI is InChI=1S/C14H17BN2O4/c1-15(20)16-8-6-10(7-9-16)21-17-13(18)11-4-2-3-5-12(11)14(17)19/h2-5,10,20H,6-9H2,1H3. The molecule has 0 atom stereocenters. The summed E-state index contributed by atoms with van der Waals surface area (Å²) in [5, 5.41) is 10.4. The smallest absolute Gasteiger partial charge is 0.376 e. The molecule has 0 aromatic heterocycles. The van der Waals surface area contributed by atoms with Gasteiger partial charge < -0.3 is 9.83 Å². The predicted octanol–water partition coefficient (Wildman–Crippen LogP) is 0.789. The molecule has 1 saturated heterocycles. The Labute approximate surface area is 123 Å². The molecule has 0 spiro atoms. The average molecular weight is 288 g/mol. The molecule has 2 heterocycles. The summed E-state index contributed by atoms with van der Waals surface area (Å²) in [7, 11) is -0.481. The summed E-state index contributed by atoms with van der Waals surface area (Å²) in [6, 6.07) is 6.73. The van der Waals surface area contributed by atoms with E-state index in [-0.39, 0.29) is 6.10 Å². The molecule has 0 aliphatic carbocycles. The number of carbonyl (C=O) groups is 2. The van der Waals surface area contributed by atoms with Gasteiger partial charge in [-0.05, 0) is 44.9 Å². The van der Waals surface area contributed by atoms with Crippen molar-refractivity contribution in [1.29, 1.82) is 0 Å². The van der Waals surface area contributed by atoms with Gasteiger partial charge in [-0.25, -0.2) is 0 Å². The summed E-state index contributed by atoms with van der Waals surface area (Å²) in [6.07, 6.45) is 1.18. The van der Waals surface area contributed by atoms with Crippen molar-refractivity contribution in [2.24, 2.45) is 0 Å². The highest BCUT2D eigenvalue weighted by Gasteiger charge is 2.38. The van der Waals surface area contributed by atoms with Gasteiger partial charge in [-0.1, -0.05) is 12.1 Å². The maximum Gasteiger partial charge on any atom is 0.376 e. The highest BCUT2D eigenvalue weighted by molar-refractivity contribution is 6.45. The van der Waals surface area contributed by atoms with Crippen molar-refractivity contribution in [2.75, 3.05) is 13.1 Å². The largest absolute Gasteiger partial charge is 0.437 e. The van der Waals surface area contributed by atoms with E-state index in [2.05, 4.69) is 0 Å². The lowest BCUT2D eigenvalue weighted by Crippen LogP contribution is -2.46. The SMILES string of the molecule is CB(O)N1CCC(ON2C(=O)c3ccccc3C2=O)CC1. The maximum atomic E-state index is 12.2. The van der Waals surface area contributed by atoms with Crippen LogP contribution in [0.15, 0.2) is 24.3 Å².